The number of aromatic carboxylic acids is 1. The van der Waals surface area contributed by atoms with Gasteiger partial charge in [-0.2, -0.15) is 5.10 Å². The molecule has 1 aliphatic rings. The first-order valence-corrected chi connectivity index (χ1v) is 7.54. The summed E-state index contributed by atoms with van der Waals surface area (Å²) in [4.78, 5) is 11.9. The number of aryl methyl sites for hydroxylation is 1. The number of aliphatic hydroxyl groups excluding tert-OH is 1. The maximum absolute atomic E-state index is 11.9. The molecule has 23 heavy (non-hydrogen) atoms. The fourth-order valence-corrected chi connectivity index (χ4v) is 3.09. The van der Waals surface area contributed by atoms with Gasteiger partial charge in [-0.3, -0.25) is 4.68 Å². The molecule has 0 bridgehead atoms. The Kier molecular flexibility index (Phi) is 3.41. The summed E-state index contributed by atoms with van der Waals surface area (Å²) in [7, 11) is 0. The third kappa shape index (κ3) is 2.37. The lowest BCUT2D eigenvalue weighted by Crippen LogP contribution is -2.27. The van der Waals surface area contributed by atoms with Crippen LogP contribution in [0.25, 0.3) is 5.57 Å². The minimum Gasteiger partial charge on any atom is -0.477 e. The molecule has 0 amide bonds. The van der Waals surface area contributed by atoms with Crippen molar-refractivity contribution in [3.8, 4) is 0 Å². The first-order valence-electron chi connectivity index (χ1n) is 7.54. The molecule has 3 rings (SSSR count). The Morgan fingerprint density at radius 3 is 2.52 bits per heavy atom. The molecule has 0 saturated heterocycles. The summed E-state index contributed by atoms with van der Waals surface area (Å²) in [5.41, 5.74) is 3.32. The fourth-order valence-electron chi connectivity index (χ4n) is 3.09. The number of aliphatic hydroxyl groups is 1. The number of aromatic nitrogens is 2. The summed E-state index contributed by atoms with van der Waals surface area (Å²) in [5, 5.41) is 24.5. The minimum atomic E-state index is -1.02. The van der Waals surface area contributed by atoms with Gasteiger partial charge in [0.2, 0.25) is 0 Å². The van der Waals surface area contributed by atoms with Gasteiger partial charge in [-0.05, 0) is 50.5 Å². The Balaban J connectivity index is 2.29. The van der Waals surface area contributed by atoms with E-state index in [1.165, 1.54) is 0 Å². The molecule has 5 nitrogen and oxygen atoms in total. The lowest BCUT2D eigenvalue weighted by atomic mass is 9.97. The Bertz CT molecular complexity index is 825. The van der Waals surface area contributed by atoms with E-state index in [9.17, 15) is 15.0 Å². The van der Waals surface area contributed by atoms with E-state index < -0.39 is 17.6 Å². The molecular formula is C18H20N2O3. The van der Waals surface area contributed by atoms with Crippen LogP contribution in [0.5, 0.6) is 0 Å². The highest BCUT2D eigenvalue weighted by Crippen LogP contribution is 2.41. The van der Waals surface area contributed by atoms with Crippen LogP contribution >= 0.6 is 0 Å². The predicted octanol–water partition coefficient (Wildman–Crippen LogP) is 3.12. The molecule has 1 unspecified atom stereocenters. The molecule has 5 heteroatoms. The van der Waals surface area contributed by atoms with Crippen LogP contribution in [0, 0.1) is 6.92 Å². The smallest absolute Gasteiger partial charge is 0.354 e. The van der Waals surface area contributed by atoms with Crippen molar-refractivity contribution in [3.63, 3.8) is 0 Å². The van der Waals surface area contributed by atoms with Crippen molar-refractivity contribution >= 4 is 11.5 Å². The quantitative estimate of drug-likeness (QED) is 0.893. The third-order valence-electron chi connectivity index (χ3n) is 4.06. The normalized spacial score (nSPS) is 17.1. The van der Waals surface area contributed by atoms with Crippen LogP contribution in [0.3, 0.4) is 0 Å². The number of carboxylic acid groups (broad SMARTS) is 1. The summed E-state index contributed by atoms with van der Waals surface area (Å²) in [6.45, 7) is 7.56. The minimum absolute atomic E-state index is 0.158. The highest BCUT2D eigenvalue weighted by Gasteiger charge is 2.32. The highest BCUT2D eigenvalue weighted by molar-refractivity contribution is 5.98. The van der Waals surface area contributed by atoms with Crippen LogP contribution in [0.2, 0.25) is 0 Å². The zero-order valence-corrected chi connectivity index (χ0v) is 13.7. The molecule has 0 spiro atoms. The van der Waals surface area contributed by atoms with Crippen molar-refractivity contribution in [3.05, 3.63) is 58.4 Å². The zero-order valence-electron chi connectivity index (χ0n) is 13.7. The van der Waals surface area contributed by atoms with Gasteiger partial charge in [0, 0.05) is 5.56 Å². The second-order valence-corrected chi connectivity index (χ2v) is 6.81. The van der Waals surface area contributed by atoms with E-state index in [2.05, 4.69) is 5.10 Å². The Hall–Kier alpha value is -2.40. The molecule has 2 aromatic rings. The standard InChI is InChI=1S/C18H20N2O3/c1-10-15(16(17(22)23)20(19-10)18(2,3)4)13-9-14(21)12-8-6-5-7-11(12)13/h5-9,14,21H,1-4H3,(H,22,23). The van der Waals surface area contributed by atoms with Crippen LogP contribution in [0.1, 0.15) is 59.7 Å². The second-order valence-electron chi connectivity index (χ2n) is 6.81. The first-order chi connectivity index (χ1) is 10.7. The van der Waals surface area contributed by atoms with Gasteiger partial charge >= 0.3 is 5.97 Å². The Morgan fingerprint density at radius 1 is 1.26 bits per heavy atom. The number of hydrogen-bond acceptors (Lipinski definition) is 3. The maximum Gasteiger partial charge on any atom is 0.354 e. The van der Waals surface area contributed by atoms with Crippen molar-refractivity contribution in [2.45, 2.75) is 39.3 Å². The average molecular weight is 312 g/mol. The predicted molar refractivity (Wildman–Crippen MR) is 87.4 cm³/mol. The molecule has 0 saturated carbocycles. The Morgan fingerprint density at radius 2 is 1.91 bits per heavy atom. The third-order valence-corrected chi connectivity index (χ3v) is 4.06. The molecule has 2 N–H and O–H groups in total. The molecule has 1 atom stereocenters. The highest BCUT2D eigenvalue weighted by atomic mass is 16.4. The van der Waals surface area contributed by atoms with Crippen LogP contribution in [0.15, 0.2) is 30.3 Å². The molecular weight excluding hydrogens is 292 g/mol. The Labute approximate surface area is 134 Å². The number of nitrogens with zero attached hydrogens (tertiary/aromatic N) is 2. The van der Waals surface area contributed by atoms with Gasteiger partial charge in [0.15, 0.2) is 5.69 Å². The number of carbonyl (C=O) groups is 1. The van der Waals surface area contributed by atoms with Gasteiger partial charge in [-0.15, -0.1) is 0 Å². The first kappa shape index (κ1) is 15.5. The van der Waals surface area contributed by atoms with Crippen molar-refractivity contribution in [2.24, 2.45) is 0 Å². The number of rotatable bonds is 2. The summed E-state index contributed by atoms with van der Waals surface area (Å²) in [6, 6.07) is 7.50. The van der Waals surface area contributed by atoms with Gasteiger partial charge in [0.25, 0.3) is 0 Å². The second kappa shape index (κ2) is 5.06. The zero-order chi connectivity index (χ0) is 16.9. The van der Waals surface area contributed by atoms with Gasteiger partial charge < -0.3 is 10.2 Å². The van der Waals surface area contributed by atoms with Crippen LogP contribution < -0.4 is 0 Å². The number of carboxylic acids is 1. The van der Waals surface area contributed by atoms with Gasteiger partial charge in [-0.25, -0.2) is 4.79 Å². The van der Waals surface area contributed by atoms with Gasteiger partial charge in [-0.1, -0.05) is 24.3 Å². The van der Waals surface area contributed by atoms with Crippen molar-refractivity contribution in [1.82, 2.24) is 9.78 Å². The summed E-state index contributed by atoms with van der Waals surface area (Å²) < 4.78 is 1.55. The molecule has 1 aromatic carbocycles. The van der Waals surface area contributed by atoms with Crippen LogP contribution in [0.4, 0.5) is 0 Å². The molecule has 0 fully saturated rings. The summed E-state index contributed by atoms with van der Waals surface area (Å²) >= 11 is 0. The summed E-state index contributed by atoms with van der Waals surface area (Å²) in [5.74, 6) is -1.02. The molecule has 1 heterocycles. The monoisotopic (exact) mass is 312 g/mol. The molecule has 1 aliphatic carbocycles. The molecule has 0 radical (unpaired) electrons. The number of fused-ring (bicyclic) bond motifs is 1. The molecule has 120 valence electrons. The summed E-state index contributed by atoms with van der Waals surface area (Å²) in [6.07, 6.45) is 0.980. The fraction of sp³-hybridized carbons (Fsp3) is 0.333. The van der Waals surface area contributed by atoms with Gasteiger partial charge in [0.05, 0.1) is 17.3 Å². The van der Waals surface area contributed by atoms with E-state index in [4.69, 9.17) is 0 Å². The van der Waals surface area contributed by atoms with Crippen LogP contribution in [-0.2, 0) is 5.54 Å². The number of benzene rings is 1. The lowest BCUT2D eigenvalue weighted by molar-refractivity contribution is 0.0674. The van der Waals surface area contributed by atoms with E-state index in [0.29, 0.717) is 11.3 Å². The van der Waals surface area contributed by atoms with Crippen molar-refractivity contribution < 1.29 is 15.0 Å². The van der Waals surface area contributed by atoms with Gasteiger partial charge in [0.1, 0.15) is 0 Å². The SMILES string of the molecule is Cc1nn(C(C)(C)C)c(C(=O)O)c1C1=CC(O)c2ccccc21. The van der Waals surface area contributed by atoms with E-state index in [1.807, 2.05) is 45.0 Å². The number of hydrogen-bond donors (Lipinski definition) is 2. The van der Waals surface area contributed by atoms with Crippen LogP contribution in [-0.4, -0.2) is 26.0 Å². The largest absolute Gasteiger partial charge is 0.477 e. The van der Waals surface area contributed by atoms with E-state index in [-0.39, 0.29) is 5.69 Å². The molecule has 1 aromatic heterocycles. The topological polar surface area (TPSA) is 75.4 Å². The lowest BCUT2D eigenvalue weighted by Gasteiger charge is -2.21. The van der Waals surface area contributed by atoms with Crippen molar-refractivity contribution in [1.29, 1.82) is 0 Å². The van der Waals surface area contributed by atoms with Crippen molar-refractivity contribution in [2.75, 3.05) is 0 Å². The average Bonchev–Trinajstić information content (AvgIpc) is 2.97. The van der Waals surface area contributed by atoms with E-state index in [1.54, 1.807) is 17.7 Å². The van der Waals surface area contributed by atoms with E-state index >= 15 is 0 Å². The van der Waals surface area contributed by atoms with E-state index in [0.717, 1.165) is 16.7 Å². The molecule has 0 aliphatic heterocycles. The maximum atomic E-state index is 11.9.